The smallest absolute Gasteiger partial charge is 0.261 e. The van der Waals surface area contributed by atoms with Crippen LogP contribution in [0.15, 0.2) is 48.0 Å². The van der Waals surface area contributed by atoms with Crippen LogP contribution in [0.25, 0.3) is 6.08 Å². The minimum absolute atomic E-state index is 0.00973. The van der Waals surface area contributed by atoms with E-state index < -0.39 is 5.91 Å². The number of nitriles is 1. The van der Waals surface area contributed by atoms with Gasteiger partial charge in [0.05, 0.1) is 20.3 Å². The lowest BCUT2D eigenvalue weighted by molar-refractivity contribution is -0.123. The van der Waals surface area contributed by atoms with Gasteiger partial charge in [-0.15, -0.1) is 0 Å². The van der Waals surface area contributed by atoms with E-state index in [0.717, 1.165) is 25.0 Å². The average molecular weight is 494 g/mol. The topological polar surface area (TPSA) is 119 Å². The van der Waals surface area contributed by atoms with Gasteiger partial charge in [-0.05, 0) is 60.7 Å². The Morgan fingerprint density at radius 2 is 1.89 bits per heavy atom. The van der Waals surface area contributed by atoms with Crippen molar-refractivity contribution < 1.29 is 28.5 Å². The van der Waals surface area contributed by atoms with Crippen molar-refractivity contribution in [2.24, 2.45) is 0 Å². The predicted molar refractivity (Wildman–Crippen MR) is 134 cm³/mol. The molecule has 0 radical (unpaired) electrons. The first-order valence-electron chi connectivity index (χ1n) is 11.7. The molecule has 0 bridgehead atoms. The number of nitrogens with zero attached hydrogens (tertiary/aromatic N) is 1. The summed E-state index contributed by atoms with van der Waals surface area (Å²) >= 11 is 0. The largest absolute Gasteiger partial charge is 0.493 e. The molecule has 1 saturated heterocycles. The molecule has 0 unspecified atom stereocenters. The lowest BCUT2D eigenvalue weighted by Crippen LogP contribution is -2.35. The number of ether oxygens (including phenoxy) is 4. The molecule has 1 atom stereocenters. The molecule has 1 aliphatic heterocycles. The molecule has 0 saturated carbocycles. The van der Waals surface area contributed by atoms with E-state index in [-0.39, 0.29) is 24.2 Å². The van der Waals surface area contributed by atoms with E-state index >= 15 is 0 Å². The molecule has 1 heterocycles. The van der Waals surface area contributed by atoms with Crippen molar-refractivity contribution in [2.45, 2.75) is 25.4 Å². The summed E-state index contributed by atoms with van der Waals surface area (Å²) in [7, 11) is 3.14. The fourth-order valence-electron chi connectivity index (χ4n) is 3.66. The van der Waals surface area contributed by atoms with Gasteiger partial charge >= 0.3 is 0 Å². The first kappa shape index (κ1) is 26.6. The highest BCUT2D eigenvalue weighted by atomic mass is 16.5. The van der Waals surface area contributed by atoms with E-state index in [9.17, 15) is 14.9 Å². The van der Waals surface area contributed by atoms with Gasteiger partial charge in [-0.1, -0.05) is 18.2 Å². The number of hydrogen-bond acceptors (Lipinski definition) is 7. The van der Waals surface area contributed by atoms with Crippen LogP contribution in [0.4, 0.5) is 0 Å². The van der Waals surface area contributed by atoms with Crippen LogP contribution in [-0.4, -0.2) is 58.4 Å². The molecule has 2 aromatic carbocycles. The Labute approximate surface area is 211 Å². The van der Waals surface area contributed by atoms with Crippen LogP contribution in [-0.2, 0) is 20.7 Å². The summed E-state index contributed by atoms with van der Waals surface area (Å²) in [5, 5.41) is 15.0. The van der Waals surface area contributed by atoms with Gasteiger partial charge in [0.1, 0.15) is 17.4 Å². The molecule has 0 aliphatic carbocycles. The quantitative estimate of drug-likeness (QED) is 0.345. The molecule has 2 aromatic rings. The third-order valence-corrected chi connectivity index (χ3v) is 5.62. The molecule has 190 valence electrons. The Morgan fingerprint density at radius 3 is 2.56 bits per heavy atom. The molecule has 1 fully saturated rings. The molecule has 0 aromatic heterocycles. The fourth-order valence-corrected chi connectivity index (χ4v) is 3.66. The van der Waals surface area contributed by atoms with E-state index in [0.29, 0.717) is 42.3 Å². The Morgan fingerprint density at radius 1 is 1.11 bits per heavy atom. The minimum atomic E-state index is -0.457. The highest BCUT2D eigenvalue weighted by Crippen LogP contribution is 2.27. The zero-order valence-electron chi connectivity index (χ0n) is 20.5. The SMILES string of the molecule is COc1ccc(CCNC(=O)/C(C#N)=C/c2ccc(OCC(=O)NC[C@H]3CCCO3)cc2)cc1OC. The second-order valence-electron chi connectivity index (χ2n) is 8.16. The second kappa shape index (κ2) is 13.8. The average Bonchev–Trinajstić information content (AvgIpc) is 3.43. The van der Waals surface area contributed by atoms with E-state index in [1.54, 1.807) is 38.5 Å². The lowest BCUT2D eigenvalue weighted by Gasteiger charge is -2.11. The number of rotatable bonds is 12. The number of hydrogen-bond donors (Lipinski definition) is 2. The molecular weight excluding hydrogens is 462 g/mol. The maximum Gasteiger partial charge on any atom is 0.261 e. The molecule has 0 spiro atoms. The van der Waals surface area contributed by atoms with Gasteiger partial charge in [0.25, 0.3) is 11.8 Å². The van der Waals surface area contributed by atoms with Crippen molar-refractivity contribution in [3.05, 3.63) is 59.2 Å². The summed E-state index contributed by atoms with van der Waals surface area (Å²) in [6.45, 7) is 1.48. The lowest BCUT2D eigenvalue weighted by atomic mass is 10.1. The number of amides is 2. The molecule has 2 N–H and O–H groups in total. The van der Waals surface area contributed by atoms with Crippen LogP contribution in [0.1, 0.15) is 24.0 Å². The van der Waals surface area contributed by atoms with Crippen molar-refractivity contribution >= 4 is 17.9 Å². The monoisotopic (exact) mass is 493 g/mol. The van der Waals surface area contributed by atoms with E-state index in [1.807, 2.05) is 24.3 Å². The molecule has 36 heavy (non-hydrogen) atoms. The summed E-state index contributed by atoms with van der Waals surface area (Å²) in [5.74, 6) is 1.09. The summed E-state index contributed by atoms with van der Waals surface area (Å²) < 4.78 is 21.5. The summed E-state index contributed by atoms with van der Waals surface area (Å²) in [6.07, 6.45) is 4.13. The first-order valence-corrected chi connectivity index (χ1v) is 11.7. The number of benzene rings is 2. The predicted octanol–water partition coefficient (Wildman–Crippen LogP) is 2.64. The zero-order valence-corrected chi connectivity index (χ0v) is 20.5. The molecule has 3 rings (SSSR count). The maximum absolute atomic E-state index is 12.5. The molecule has 2 amide bonds. The molecule has 9 heteroatoms. The Balaban J connectivity index is 1.46. The third kappa shape index (κ3) is 8.03. The van der Waals surface area contributed by atoms with Crippen molar-refractivity contribution in [3.63, 3.8) is 0 Å². The fraction of sp³-hybridized carbons (Fsp3) is 0.370. The van der Waals surface area contributed by atoms with E-state index in [4.69, 9.17) is 18.9 Å². The Bertz CT molecular complexity index is 1100. The van der Waals surface area contributed by atoms with Crippen LogP contribution >= 0.6 is 0 Å². The highest BCUT2D eigenvalue weighted by molar-refractivity contribution is 6.01. The summed E-state index contributed by atoms with van der Waals surface area (Å²) in [4.78, 5) is 24.4. The van der Waals surface area contributed by atoms with Gasteiger partial charge in [0, 0.05) is 19.7 Å². The standard InChI is InChI=1S/C27H31N3O6/c1-33-24-10-7-20(15-25(24)34-2)11-12-29-27(32)21(16-28)14-19-5-8-22(9-6-19)36-18-26(31)30-17-23-4-3-13-35-23/h5-10,14-15,23H,3-4,11-13,17-18H2,1-2H3,(H,29,32)(H,30,31)/b21-14+/t23-/m1/s1. The normalized spacial score (nSPS) is 15.0. The molecular formula is C27H31N3O6. The van der Waals surface area contributed by atoms with Crippen molar-refractivity contribution in [1.29, 1.82) is 5.26 Å². The summed E-state index contributed by atoms with van der Waals surface area (Å²) in [5.41, 5.74) is 1.62. The molecule has 1 aliphatic rings. The van der Waals surface area contributed by atoms with Gasteiger partial charge in [-0.3, -0.25) is 9.59 Å². The van der Waals surface area contributed by atoms with Crippen LogP contribution < -0.4 is 24.8 Å². The second-order valence-corrected chi connectivity index (χ2v) is 8.16. The van der Waals surface area contributed by atoms with E-state index in [1.165, 1.54) is 6.08 Å². The highest BCUT2D eigenvalue weighted by Gasteiger charge is 2.16. The Kier molecular flexibility index (Phi) is 10.2. The molecule has 9 nitrogen and oxygen atoms in total. The van der Waals surface area contributed by atoms with Crippen molar-refractivity contribution in [3.8, 4) is 23.3 Å². The summed E-state index contributed by atoms with van der Waals surface area (Å²) in [6, 6.07) is 14.3. The van der Waals surface area contributed by atoms with Gasteiger partial charge in [0.15, 0.2) is 18.1 Å². The Hall–Kier alpha value is -4.03. The van der Waals surface area contributed by atoms with Gasteiger partial charge in [-0.2, -0.15) is 5.26 Å². The number of nitrogens with one attached hydrogen (secondary N) is 2. The first-order chi connectivity index (χ1) is 17.5. The van der Waals surface area contributed by atoms with Gasteiger partial charge in [0.2, 0.25) is 0 Å². The van der Waals surface area contributed by atoms with Gasteiger partial charge < -0.3 is 29.6 Å². The van der Waals surface area contributed by atoms with Crippen molar-refractivity contribution in [1.82, 2.24) is 10.6 Å². The minimum Gasteiger partial charge on any atom is -0.493 e. The number of carbonyl (C=O) groups is 2. The van der Waals surface area contributed by atoms with Crippen LogP contribution in [0.2, 0.25) is 0 Å². The van der Waals surface area contributed by atoms with E-state index in [2.05, 4.69) is 10.6 Å². The number of carbonyl (C=O) groups excluding carboxylic acids is 2. The third-order valence-electron chi connectivity index (χ3n) is 5.62. The van der Waals surface area contributed by atoms with Crippen LogP contribution in [0.5, 0.6) is 17.2 Å². The van der Waals surface area contributed by atoms with Crippen LogP contribution in [0, 0.1) is 11.3 Å². The van der Waals surface area contributed by atoms with Crippen molar-refractivity contribution in [2.75, 3.05) is 40.5 Å². The van der Waals surface area contributed by atoms with Crippen LogP contribution in [0.3, 0.4) is 0 Å². The number of methoxy groups -OCH3 is 2. The maximum atomic E-state index is 12.5. The van der Waals surface area contributed by atoms with Gasteiger partial charge in [-0.25, -0.2) is 0 Å². The zero-order chi connectivity index (χ0) is 25.8.